The number of hydrogen-bond donors (Lipinski definition) is 0. The third-order valence-corrected chi connectivity index (χ3v) is 5.03. The second kappa shape index (κ2) is 8.58. The summed E-state index contributed by atoms with van der Waals surface area (Å²) in [5.74, 6) is 0.729. The second-order valence-corrected chi connectivity index (χ2v) is 7.68. The largest absolute Gasteiger partial charge is 0.268 e. The van der Waals surface area contributed by atoms with Crippen LogP contribution in [-0.2, 0) is 19.4 Å². The number of rotatable bonds is 6. The van der Waals surface area contributed by atoms with Crippen LogP contribution in [0.15, 0.2) is 67.0 Å². The average Bonchev–Trinajstić information content (AvgIpc) is 3.14. The van der Waals surface area contributed by atoms with Gasteiger partial charge in [0.2, 0.25) is 0 Å². The molecular weight excluding hydrogens is 380 g/mol. The first-order valence-electron chi connectivity index (χ1n) is 9.78. The lowest BCUT2D eigenvalue weighted by Gasteiger charge is -2.09. The van der Waals surface area contributed by atoms with Gasteiger partial charge < -0.3 is 0 Å². The van der Waals surface area contributed by atoms with Crippen molar-refractivity contribution in [3.63, 3.8) is 0 Å². The Bertz CT molecular complexity index is 1120. The van der Waals surface area contributed by atoms with Gasteiger partial charge in [-0.3, -0.25) is 4.68 Å². The van der Waals surface area contributed by atoms with Crippen molar-refractivity contribution in [1.82, 2.24) is 19.7 Å². The summed E-state index contributed by atoms with van der Waals surface area (Å²) in [5, 5.41) is 5.05. The van der Waals surface area contributed by atoms with E-state index in [1.165, 1.54) is 16.7 Å². The molecule has 0 amide bonds. The van der Waals surface area contributed by atoms with Gasteiger partial charge in [0.15, 0.2) is 5.82 Å². The van der Waals surface area contributed by atoms with Crippen molar-refractivity contribution in [1.29, 1.82) is 0 Å². The molecule has 29 heavy (non-hydrogen) atoms. The monoisotopic (exact) mass is 402 g/mol. The van der Waals surface area contributed by atoms with Crippen LogP contribution in [0.25, 0.3) is 11.4 Å². The highest BCUT2D eigenvalue weighted by molar-refractivity contribution is 6.30. The van der Waals surface area contributed by atoms with Gasteiger partial charge in [-0.1, -0.05) is 54.9 Å². The summed E-state index contributed by atoms with van der Waals surface area (Å²) in [5.41, 5.74) is 6.63. The zero-order chi connectivity index (χ0) is 20.2. The summed E-state index contributed by atoms with van der Waals surface area (Å²) in [7, 11) is 0. The van der Waals surface area contributed by atoms with Crippen molar-refractivity contribution >= 4 is 11.6 Å². The minimum absolute atomic E-state index is 0.692. The molecule has 4 nitrogen and oxygen atoms in total. The molecule has 0 unspecified atom stereocenters. The van der Waals surface area contributed by atoms with E-state index in [2.05, 4.69) is 60.5 Å². The Hall–Kier alpha value is -2.98. The van der Waals surface area contributed by atoms with Gasteiger partial charge in [0.05, 0.1) is 12.7 Å². The van der Waals surface area contributed by atoms with E-state index in [0.717, 1.165) is 42.2 Å². The van der Waals surface area contributed by atoms with Gasteiger partial charge in [-0.05, 0) is 48.2 Å². The number of aromatic nitrogens is 4. The van der Waals surface area contributed by atoms with E-state index in [0.29, 0.717) is 5.02 Å². The molecule has 0 saturated heterocycles. The SMILES string of the molecule is CCc1cc(Cc2ccc(Cn3cc(C)cn3)cc2)nc(-c2cccc(Cl)c2)n1. The molecule has 0 aliphatic carbocycles. The molecule has 2 aromatic heterocycles. The maximum Gasteiger partial charge on any atom is 0.159 e. The van der Waals surface area contributed by atoms with Crippen molar-refractivity contribution in [2.75, 3.05) is 0 Å². The first-order valence-corrected chi connectivity index (χ1v) is 10.2. The van der Waals surface area contributed by atoms with Crippen LogP contribution < -0.4 is 0 Å². The maximum atomic E-state index is 6.15. The molecule has 0 atom stereocenters. The standard InChI is InChI=1S/C24H23ClN4/c1-3-22-13-23(28-24(27-22)20-5-4-6-21(25)12-20)11-18-7-9-19(10-8-18)16-29-15-17(2)14-26-29/h4-10,12-15H,3,11,16H2,1-2H3. The fourth-order valence-electron chi connectivity index (χ4n) is 3.29. The fourth-order valence-corrected chi connectivity index (χ4v) is 3.48. The van der Waals surface area contributed by atoms with Gasteiger partial charge >= 0.3 is 0 Å². The van der Waals surface area contributed by atoms with Crippen molar-refractivity contribution in [3.05, 3.63) is 100 Å². The highest BCUT2D eigenvalue weighted by Gasteiger charge is 2.08. The Morgan fingerprint density at radius 2 is 1.69 bits per heavy atom. The minimum Gasteiger partial charge on any atom is -0.268 e. The number of hydrogen-bond acceptors (Lipinski definition) is 3. The first-order chi connectivity index (χ1) is 14.1. The summed E-state index contributed by atoms with van der Waals surface area (Å²) >= 11 is 6.15. The van der Waals surface area contributed by atoms with E-state index in [1.54, 1.807) is 0 Å². The Morgan fingerprint density at radius 1 is 0.931 bits per heavy atom. The molecule has 0 aliphatic heterocycles. The predicted octanol–water partition coefficient (Wildman–Crippen LogP) is 5.50. The topological polar surface area (TPSA) is 43.6 Å². The molecule has 0 spiro atoms. The average molecular weight is 403 g/mol. The van der Waals surface area contributed by atoms with Crippen molar-refractivity contribution in [2.45, 2.75) is 33.2 Å². The second-order valence-electron chi connectivity index (χ2n) is 7.25. The molecule has 2 aromatic carbocycles. The molecule has 0 N–H and O–H groups in total. The van der Waals surface area contributed by atoms with Gasteiger partial charge in [0, 0.05) is 34.6 Å². The molecule has 146 valence electrons. The molecule has 0 aliphatic rings. The Morgan fingerprint density at radius 3 is 2.38 bits per heavy atom. The van der Waals surface area contributed by atoms with E-state index < -0.39 is 0 Å². The Balaban J connectivity index is 1.54. The van der Waals surface area contributed by atoms with Crippen LogP contribution in [-0.4, -0.2) is 19.7 Å². The van der Waals surface area contributed by atoms with Crippen LogP contribution >= 0.6 is 11.6 Å². The van der Waals surface area contributed by atoms with E-state index in [9.17, 15) is 0 Å². The molecule has 0 bridgehead atoms. The number of nitrogens with zero attached hydrogens (tertiary/aromatic N) is 4. The summed E-state index contributed by atoms with van der Waals surface area (Å²) in [6, 6.07) is 18.4. The van der Waals surface area contributed by atoms with Gasteiger partial charge in [-0.25, -0.2) is 9.97 Å². The Labute approximate surface area is 176 Å². The molecule has 0 radical (unpaired) electrons. The lowest BCUT2D eigenvalue weighted by atomic mass is 10.1. The summed E-state index contributed by atoms with van der Waals surface area (Å²) < 4.78 is 1.96. The highest BCUT2D eigenvalue weighted by Crippen LogP contribution is 2.21. The van der Waals surface area contributed by atoms with Crippen LogP contribution in [0.1, 0.15) is 35.0 Å². The van der Waals surface area contributed by atoms with Crippen LogP contribution in [0, 0.1) is 6.92 Å². The summed E-state index contributed by atoms with van der Waals surface area (Å²) in [6.45, 7) is 4.94. The minimum atomic E-state index is 0.692. The van der Waals surface area contributed by atoms with Gasteiger partial charge in [-0.2, -0.15) is 5.10 Å². The van der Waals surface area contributed by atoms with E-state index in [1.807, 2.05) is 35.1 Å². The molecule has 5 heteroatoms. The van der Waals surface area contributed by atoms with Gasteiger partial charge in [0.1, 0.15) is 0 Å². The third-order valence-electron chi connectivity index (χ3n) is 4.79. The van der Waals surface area contributed by atoms with Crippen molar-refractivity contribution < 1.29 is 0 Å². The van der Waals surface area contributed by atoms with E-state index >= 15 is 0 Å². The van der Waals surface area contributed by atoms with Crippen LogP contribution in [0.5, 0.6) is 0 Å². The van der Waals surface area contributed by atoms with Crippen molar-refractivity contribution in [2.24, 2.45) is 0 Å². The number of halogens is 1. The Kier molecular flexibility index (Phi) is 5.72. The zero-order valence-corrected chi connectivity index (χ0v) is 17.4. The van der Waals surface area contributed by atoms with Crippen molar-refractivity contribution in [3.8, 4) is 11.4 Å². The smallest absolute Gasteiger partial charge is 0.159 e. The first kappa shape index (κ1) is 19.3. The molecule has 4 aromatic rings. The number of benzene rings is 2. The highest BCUT2D eigenvalue weighted by atomic mass is 35.5. The lowest BCUT2D eigenvalue weighted by molar-refractivity contribution is 0.686. The molecule has 4 rings (SSSR count). The summed E-state index contributed by atoms with van der Waals surface area (Å²) in [4.78, 5) is 9.49. The quantitative estimate of drug-likeness (QED) is 0.427. The molecule has 0 saturated carbocycles. The number of aryl methyl sites for hydroxylation is 2. The van der Waals surface area contributed by atoms with Crippen LogP contribution in [0.4, 0.5) is 0 Å². The summed E-state index contributed by atoms with van der Waals surface area (Å²) in [6.07, 6.45) is 5.57. The zero-order valence-electron chi connectivity index (χ0n) is 16.6. The van der Waals surface area contributed by atoms with Crippen LogP contribution in [0.3, 0.4) is 0 Å². The van der Waals surface area contributed by atoms with E-state index in [-0.39, 0.29) is 0 Å². The molecular formula is C24H23ClN4. The normalized spacial score (nSPS) is 11.0. The predicted molar refractivity (Wildman–Crippen MR) is 117 cm³/mol. The van der Waals surface area contributed by atoms with Gasteiger partial charge in [0.25, 0.3) is 0 Å². The molecule has 2 heterocycles. The van der Waals surface area contributed by atoms with Gasteiger partial charge in [-0.15, -0.1) is 0 Å². The molecule has 0 fully saturated rings. The lowest BCUT2D eigenvalue weighted by Crippen LogP contribution is -2.02. The van der Waals surface area contributed by atoms with E-state index in [4.69, 9.17) is 16.6 Å². The fraction of sp³-hybridized carbons (Fsp3) is 0.208. The third kappa shape index (κ3) is 4.90. The maximum absolute atomic E-state index is 6.15. The van der Waals surface area contributed by atoms with Crippen LogP contribution in [0.2, 0.25) is 5.02 Å².